The van der Waals surface area contributed by atoms with Crippen molar-refractivity contribution in [3.63, 3.8) is 0 Å². The Morgan fingerprint density at radius 2 is 1.33 bits per heavy atom. The topological polar surface area (TPSA) is 17.1 Å². The van der Waals surface area contributed by atoms with E-state index in [9.17, 15) is 0 Å². The molecule has 0 aromatic carbocycles. The molecule has 6 heteroatoms. The van der Waals surface area contributed by atoms with Crippen LogP contribution in [-0.2, 0) is 70.5 Å². The summed E-state index contributed by atoms with van der Waals surface area (Å²) in [6, 6.07) is 0. The standard InChI is InChI=1S/Cu.Fe.Mn.Na.Ni.O.H/q;;;+1;;;-1. The molecule has 0 rings (SSSR count). The first-order chi connectivity index (χ1) is 1.00. The van der Waals surface area contributed by atoms with E-state index >= 15 is 0 Å². The zero-order valence-electron chi connectivity index (χ0n) is 3.76. The van der Waals surface area contributed by atoms with E-state index in [2.05, 4.69) is 15.4 Å². The number of rotatable bonds is 0. The Bertz CT molecular complexity index is 19.7. The second kappa shape index (κ2) is 45.3. The van der Waals surface area contributed by atoms with Crippen LogP contribution in [0.2, 0.25) is 0 Å². The van der Waals surface area contributed by atoms with E-state index in [4.69, 9.17) is 3.90 Å². The first-order valence-electron chi connectivity index (χ1n) is 0.129. The van der Waals surface area contributed by atoms with Gasteiger partial charge in [-0.15, -0.1) is 0 Å². The van der Waals surface area contributed by atoms with E-state index in [-0.39, 0.29) is 82.2 Å². The normalized spacial score (nSPS) is 1.00. The van der Waals surface area contributed by atoms with Gasteiger partial charge in [-0.1, -0.05) is 0 Å². The van der Waals surface area contributed by atoms with E-state index in [1.54, 1.807) is 0 Å². The van der Waals surface area contributed by atoms with Crippen molar-refractivity contribution >= 4 is 0 Å². The van der Waals surface area contributed by atoms with Crippen molar-refractivity contribution in [3.05, 3.63) is 0 Å². The third kappa shape index (κ3) is 28.8. The predicted molar refractivity (Wildman–Crippen MR) is 1.80 cm³/mol. The van der Waals surface area contributed by atoms with Gasteiger partial charge in [0.05, 0.1) is 0 Å². The van der Waals surface area contributed by atoms with Crippen LogP contribution in [0, 0.1) is 0 Å². The van der Waals surface area contributed by atoms with Crippen molar-refractivity contribution in [1.82, 2.24) is 0 Å². The maximum atomic E-state index is 7.88. The maximum absolute atomic E-state index is 7.88. The molecule has 1 nitrogen and oxygen atoms in total. The second-order valence-electron chi connectivity index (χ2n) is 0. The molecule has 0 amide bonds. The van der Waals surface area contributed by atoms with Gasteiger partial charge >= 0.3 is 48.8 Å². The van der Waals surface area contributed by atoms with Gasteiger partial charge < -0.3 is 1.43 Å². The fourth-order valence-electron chi connectivity index (χ4n) is 0. The zero-order valence-corrected chi connectivity index (χ0v) is 8.97. The molecule has 0 atom stereocenters. The van der Waals surface area contributed by atoms with Crippen LogP contribution in [-0.4, -0.2) is 0 Å². The summed E-state index contributed by atoms with van der Waals surface area (Å²) in [4.78, 5) is 0. The summed E-state index contributed by atoms with van der Waals surface area (Å²) in [5.74, 6) is 0. The molecule has 0 aliphatic heterocycles. The van der Waals surface area contributed by atoms with Crippen molar-refractivity contribution < 1.29 is 101 Å². The molecule has 0 saturated heterocycles. The molecule has 0 aliphatic carbocycles. The molecule has 0 spiro atoms. The fraction of sp³-hybridized carbons (Fsp3) is 0. The van der Waals surface area contributed by atoms with Gasteiger partial charge in [-0.3, -0.25) is 0 Å². The van der Waals surface area contributed by atoms with Gasteiger partial charge in [0.15, 0.2) is 0 Å². The van der Waals surface area contributed by atoms with Crippen molar-refractivity contribution in [1.29, 1.82) is 0 Å². The van der Waals surface area contributed by atoms with Crippen LogP contribution in [0.5, 0.6) is 0 Å². The number of hydrogen-bond donors (Lipinski definition) is 0. The Labute approximate surface area is 99.9 Å². The van der Waals surface area contributed by atoms with Crippen LogP contribution in [0.25, 0.3) is 0 Å². The molecule has 0 saturated carbocycles. The molecule has 44 valence electrons. The molecular formula is HCuFeMnNaNiO. The van der Waals surface area contributed by atoms with Gasteiger partial charge in [0.2, 0.25) is 0 Å². The summed E-state index contributed by atoms with van der Waals surface area (Å²) in [7, 11) is 0. The summed E-state index contributed by atoms with van der Waals surface area (Å²) in [6.07, 6.45) is 0. The van der Waals surface area contributed by atoms with Gasteiger partial charge in [-0.25, -0.2) is 0 Å². The average molecular weight is 273 g/mol. The Kier molecular flexibility index (Phi) is 278. The molecule has 0 unspecified atom stereocenters. The molecular weight excluding hydrogens is 272 g/mol. The first kappa shape index (κ1) is 36.8. The third-order valence-corrected chi connectivity index (χ3v) is 0. The molecule has 2 radical (unpaired) electrons. The van der Waals surface area contributed by atoms with Crippen LogP contribution >= 0.6 is 0 Å². The molecule has 6 heavy (non-hydrogen) atoms. The molecule has 0 aliphatic rings. The van der Waals surface area contributed by atoms with E-state index in [0.29, 0.717) is 0 Å². The van der Waals surface area contributed by atoms with Gasteiger partial charge in [0.1, 0.15) is 0 Å². The first-order valence-corrected chi connectivity index (χ1v) is 0.532. The summed E-state index contributed by atoms with van der Waals surface area (Å²) in [5.41, 5.74) is 0. The monoisotopic (exact) mass is 272 g/mol. The summed E-state index contributed by atoms with van der Waals surface area (Å²) >= 11 is 2.62. The quantitative estimate of drug-likeness (QED) is 0.430. The van der Waals surface area contributed by atoms with Crippen molar-refractivity contribution in [2.24, 2.45) is 0 Å². The Hall–Kier alpha value is 2.85. The number of hydrogen-bond acceptors (Lipinski definition) is 1. The van der Waals surface area contributed by atoms with Gasteiger partial charge in [0.25, 0.3) is 0 Å². The van der Waals surface area contributed by atoms with E-state index in [1.807, 2.05) is 0 Å². The van der Waals surface area contributed by atoms with Crippen molar-refractivity contribution in [3.8, 4) is 0 Å². The Morgan fingerprint density at radius 1 is 1.33 bits per heavy atom. The minimum atomic E-state index is 0. The molecule has 0 N–H and O–H groups in total. The molecule has 0 aromatic heterocycles. The summed E-state index contributed by atoms with van der Waals surface area (Å²) in [5, 5.41) is 0. The van der Waals surface area contributed by atoms with E-state index < -0.39 is 0 Å². The van der Waals surface area contributed by atoms with Crippen LogP contribution in [0.4, 0.5) is 0 Å². The van der Waals surface area contributed by atoms with E-state index in [0.717, 1.165) is 0 Å². The van der Waals surface area contributed by atoms with Gasteiger partial charge in [-0.05, 0) is 0 Å². The third-order valence-electron chi connectivity index (χ3n) is 0. The van der Waals surface area contributed by atoms with Gasteiger partial charge in [0, 0.05) is 51.2 Å². The molecule has 0 fully saturated rings. The molecule has 0 aromatic rings. The van der Waals surface area contributed by atoms with Crippen LogP contribution in [0.3, 0.4) is 0 Å². The summed E-state index contributed by atoms with van der Waals surface area (Å²) in [6.45, 7) is 0. The van der Waals surface area contributed by atoms with Gasteiger partial charge in [-0.2, -0.15) is 0 Å². The van der Waals surface area contributed by atoms with Crippen molar-refractivity contribution in [2.45, 2.75) is 0 Å². The van der Waals surface area contributed by atoms with Crippen molar-refractivity contribution in [2.75, 3.05) is 0 Å². The Morgan fingerprint density at radius 3 is 1.33 bits per heavy atom. The van der Waals surface area contributed by atoms with E-state index in [1.165, 1.54) is 0 Å². The fourth-order valence-corrected chi connectivity index (χ4v) is 0. The SMILES string of the molecule is [Cu].[Fe].[H-].[Mn].[Na+].[O]=[Ni]. The summed E-state index contributed by atoms with van der Waals surface area (Å²) < 4.78 is 7.88. The minimum absolute atomic E-state index is 0. The second-order valence-corrected chi connectivity index (χ2v) is 0. The molecule has 0 bridgehead atoms. The zero-order chi connectivity index (χ0) is 2.00. The predicted octanol–water partition coefficient (Wildman–Crippen LogP) is -3.01. The van der Waals surface area contributed by atoms with Crippen LogP contribution in [0.1, 0.15) is 1.43 Å². The van der Waals surface area contributed by atoms with Crippen LogP contribution in [0.15, 0.2) is 0 Å². The van der Waals surface area contributed by atoms with Crippen LogP contribution < -0.4 is 29.6 Å². The Balaban J connectivity index is -0.000000000500. The average Bonchev–Trinajstić information content (AvgIpc) is 1.00. The molecule has 0 heterocycles.